The van der Waals surface area contributed by atoms with Gasteiger partial charge < -0.3 is 19.1 Å². The third-order valence-electron chi connectivity index (χ3n) is 5.62. The minimum Gasteiger partial charge on any atom is -0.497 e. The largest absolute Gasteiger partial charge is 0.497 e. The molecule has 0 saturated heterocycles. The molecule has 0 bridgehead atoms. The van der Waals surface area contributed by atoms with Gasteiger partial charge in [0.2, 0.25) is 0 Å². The molecule has 10 heteroatoms. The molecule has 1 atom stereocenters. The van der Waals surface area contributed by atoms with Gasteiger partial charge in [-0.05, 0) is 61.5 Å². The van der Waals surface area contributed by atoms with Crippen molar-refractivity contribution in [2.75, 3.05) is 18.9 Å². The van der Waals surface area contributed by atoms with Gasteiger partial charge in [-0.1, -0.05) is 0 Å². The van der Waals surface area contributed by atoms with Crippen LogP contribution < -0.4 is 18.9 Å². The van der Waals surface area contributed by atoms with E-state index < -0.39 is 21.9 Å². The van der Waals surface area contributed by atoms with Gasteiger partial charge >= 0.3 is 0 Å². The van der Waals surface area contributed by atoms with Gasteiger partial charge in [-0.25, -0.2) is 12.8 Å². The van der Waals surface area contributed by atoms with E-state index in [0.717, 1.165) is 17.7 Å². The Labute approximate surface area is 203 Å². The number of nitrogens with zero attached hydrogens (tertiary/aromatic N) is 1. The number of fused-ring (bicyclic) bond motifs is 1. The summed E-state index contributed by atoms with van der Waals surface area (Å²) >= 11 is 0. The molecule has 1 aliphatic rings. The summed E-state index contributed by atoms with van der Waals surface area (Å²) in [5, 5.41) is 0. The van der Waals surface area contributed by atoms with E-state index in [4.69, 9.17) is 14.2 Å². The fourth-order valence-electron chi connectivity index (χ4n) is 3.81. The molecular formula is C25H25FN2O6S. The zero-order valence-electron chi connectivity index (χ0n) is 19.4. The second-order valence-electron chi connectivity index (χ2n) is 8.01. The Bertz CT molecular complexity index is 1340. The van der Waals surface area contributed by atoms with Crippen LogP contribution in [0.2, 0.25) is 0 Å². The number of sulfonamides is 1. The van der Waals surface area contributed by atoms with E-state index in [-0.39, 0.29) is 23.9 Å². The lowest BCUT2D eigenvalue weighted by Crippen LogP contribution is -2.37. The molecule has 3 aromatic carbocycles. The number of amides is 1. The Morgan fingerprint density at radius 3 is 2.49 bits per heavy atom. The van der Waals surface area contributed by atoms with Crippen molar-refractivity contribution in [2.45, 2.75) is 31.0 Å². The quantitative estimate of drug-likeness (QED) is 0.528. The van der Waals surface area contributed by atoms with Crippen LogP contribution in [0.5, 0.6) is 17.2 Å². The Kier molecular flexibility index (Phi) is 6.83. The van der Waals surface area contributed by atoms with Gasteiger partial charge in [0, 0.05) is 36.0 Å². The van der Waals surface area contributed by atoms with E-state index in [1.54, 1.807) is 56.4 Å². The topological polar surface area (TPSA) is 94.2 Å². The lowest BCUT2D eigenvalue weighted by molar-refractivity contribution is -0.138. The molecule has 0 spiro atoms. The average Bonchev–Trinajstić information content (AvgIpc) is 2.95. The molecule has 1 N–H and O–H groups in total. The van der Waals surface area contributed by atoms with Crippen LogP contribution in [-0.4, -0.2) is 39.5 Å². The number of ether oxygens (including phenoxy) is 3. The van der Waals surface area contributed by atoms with Crippen LogP contribution >= 0.6 is 0 Å². The summed E-state index contributed by atoms with van der Waals surface area (Å²) in [5.74, 6) is 0.953. The lowest BCUT2D eigenvalue weighted by atomic mass is 10.1. The number of halogens is 1. The SMILES string of the molecule is COc1ccc(CN2Cc3cc(NS(=O)(=O)c4ccc(F)cc4)ccc3O[C@@H](C)C2=O)c(OC)c1. The number of benzene rings is 3. The number of carbonyl (C=O) groups is 1. The summed E-state index contributed by atoms with van der Waals surface area (Å²) in [4.78, 5) is 14.6. The van der Waals surface area contributed by atoms with Crippen molar-refractivity contribution in [1.29, 1.82) is 0 Å². The van der Waals surface area contributed by atoms with Gasteiger partial charge in [0.15, 0.2) is 6.10 Å². The Balaban J connectivity index is 1.61. The van der Waals surface area contributed by atoms with E-state index in [1.807, 2.05) is 6.07 Å². The van der Waals surface area contributed by atoms with Crippen LogP contribution in [-0.2, 0) is 27.9 Å². The number of hydrogen-bond donors (Lipinski definition) is 1. The van der Waals surface area contributed by atoms with Crippen molar-refractivity contribution in [3.63, 3.8) is 0 Å². The second kappa shape index (κ2) is 9.83. The van der Waals surface area contributed by atoms with Gasteiger partial charge in [0.25, 0.3) is 15.9 Å². The number of anilines is 1. The first kappa shape index (κ1) is 24.3. The molecule has 0 aliphatic carbocycles. The van der Waals surface area contributed by atoms with Crippen molar-refractivity contribution >= 4 is 21.6 Å². The molecule has 0 radical (unpaired) electrons. The summed E-state index contributed by atoms with van der Waals surface area (Å²) in [6, 6.07) is 14.7. The minimum absolute atomic E-state index is 0.0675. The maximum absolute atomic E-state index is 13.2. The molecule has 0 saturated carbocycles. The summed E-state index contributed by atoms with van der Waals surface area (Å²) in [6.07, 6.45) is -0.734. The zero-order chi connectivity index (χ0) is 25.2. The molecule has 1 aliphatic heterocycles. The fourth-order valence-corrected chi connectivity index (χ4v) is 4.86. The first-order valence-electron chi connectivity index (χ1n) is 10.8. The first-order chi connectivity index (χ1) is 16.7. The average molecular weight is 501 g/mol. The van der Waals surface area contributed by atoms with Gasteiger partial charge in [-0.2, -0.15) is 0 Å². The molecule has 184 valence electrons. The molecule has 0 aromatic heterocycles. The van der Waals surface area contributed by atoms with Crippen molar-refractivity contribution in [2.24, 2.45) is 0 Å². The van der Waals surface area contributed by atoms with Crippen LogP contribution in [0.3, 0.4) is 0 Å². The maximum Gasteiger partial charge on any atom is 0.263 e. The summed E-state index contributed by atoms with van der Waals surface area (Å²) in [5.41, 5.74) is 1.71. The smallest absolute Gasteiger partial charge is 0.263 e. The van der Waals surface area contributed by atoms with Gasteiger partial charge in [0.05, 0.1) is 19.1 Å². The predicted molar refractivity (Wildman–Crippen MR) is 128 cm³/mol. The molecule has 8 nitrogen and oxygen atoms in total. The summed E-state index contributed by atoms with van der Waals surface area (Å²) in [7, 11) is -0.827. The molecule has 3 aromatic rings. The molecule has 35 heavy (non-hydrogen) atoms. The molecule has 0 unspecified atom stereocenters. The van der Waals surface area contributed by atoms with E-state index in [1.165, 1.54) is 12.1 Å². The number of methoxy groups -OCH3 is 2. The highest BCUT2D eigenvalue weighted by Crippen LogP contribution is 2.32. The van der Waals surface area contributed by atoms with Crippen LogP contribution in [0.15, 0.2) is 65.6 Å². The minimum atomic E-state index is -3.93. The third-order valence-corrected chi connectivity index (χ3v) is 7.01. The van der Waals surface area contributed by atoms with Crippen molar-refractivity contribution < 1.29 is 31.8 Å². The Morgan fingerprint density at radius 2 is 1.80 bits per heavy atom. The maximum atomic E-state index is 13.2. The first-order valence-corrected chi connectivity index (χ1v) is 12.3. The zero-order valence-corrected chi connectivity index (χ0v) is 20.3. The van der Waals surface area contributed by atoms with Crippen LogP contribution in [0.25, 0.3) is 0 Å². The third kappa shape index (κ3) is 5.32. The van der Waals surface area contributed by atoms with Crippen molar-refractivity contribution in [3.05, 3.63) is 77.6 Å². The molecule has 1 amide bonds. The standard InChI is InChI=1S/C25H25FN2O6S/c1-16-25(29)28(14-17-4-8-21(32-2)13-24(17)33-3)15-18-12-20(7-11-23(18)34-16)27-35(30,31)22-9-5-19(26)6-10-22/h4-13,16,27H,14-15H2,1-3H3/t16-/m0/s1. The van der Waals surface area contributed by atoms with Gasteiger partial charge in [-0.3, -0.25) is 9.52 Å². The predicted octanol–water partition coefficient (Wildman–Crippen LogP) is 3.95. The van der Waals surface area contributed by atoms with E-state index in [9.17, 15) is 17.6 Å². The van der Waals surface area contributed by atoms with Gasteiger partial charge in [0.1, 0.15) is 23.1 Å². The lowest BCUT2D eigenvalue weighted by Gasteiger charge is -2.23. The fraction of sp³-hybridized carbons (Fsp3) is 0.240. The Hall–Kier alpha value is -3.79. The number of rotatable bonds is 7. The highest BCUT2D eigenvalue weighted by molar-refractivity contribution is 7.92. The van der Waals surface area contributed by atoms with Crippen LogP contribution in [0.4, 0.5) is 10.1 Å². The summed E-state index contributed by atoms with van der Waals surface area (Å²) in [6.45, 7) is 2.12. The number of hydrogen-bond acceptors (Lipinski definition) is 6. The van der Waals surface area contributed by atoms with Crippen LogP contribution in [0, 0.1) is 5.82 Å². The van der Waals surface area contributed by atoms with Crippen molar-refractivity contribution in [1.82, 2.24) is 4.90 Å². The number of nitrogens with one attached hydrogen (secondary N) is 1. The van der Waals surface area contributed by atoms with E-state index in [0.29, 0.717) is 28.5 Å². The second-order valence-corrected chi connectivity index (χ2v) is 9.70. The van der Waals surface area contributed by atoms with E-state index in [2.05, 4.69) is 4.72 Å². The molecular weight excluding hydrogens is 475 g/mol. The van der Waals surface area contributed by atoms with Crippen molar-refractivity contribution in [3.8, 4) is 17.2 Å². The van der Waals surface area contributed by atoms with Crippen LogP contribution in [0.1, 0.15) is 18.1 Å². The monoisotopic (exact) mass is 500 g/mol. The Morgan fingerprint density at radius 1 is 1.06 bits per heavy atom. The normalized spacial score (nSPS) is 15.6. The molecule has 4 rings (SSSR count). The summed E-state index contributed by atoms with van der Waals surface area (Å²) < 4.78 is 57.7. The van der Waals surface area contributed by atoms with Gasteiger partial charge in [-0.15, -0.1) is 0 Å². The highest BCUT2D eigenvalue weighted by Gasteiger charge is 2.29. The molecule has 0 fully saturated rings. The number of carbonyl (C=O) groups excluding carboxylic acids is 1. The molecule has 1 heterocycles. The highest BCUT2D eigenvalue weighted by atomic mass is 32.2. The van der Waals surface area contributed by atoms with E-state index >= 15 is 0 Å².